The van der Waals surface area contributed by atoms with E-state index in [4.69, 9.17) is 24.8 Å². The molecule has 2 aromatic rings. The van der Waals surface area contributed by atoms with E-state index in [1.54, 1.807) is 6.92 Å². The van der Waals surface area contributed by atoms with Crippen molar-refractivity contribution in [1.29, 1.82) is 0 Å². The normalized spacial score (nSPS) is 24.4. The summed E-state index contributed by atoms with van der Waals surface area (Å²) in [6, 6.07) is 0. The minimum atomic E-state index is -0.694. The van der Waals surface area contributed by atoms with Crippen LogP contribution in [0.5, 0.6) is 0 Å². The van der Waals surface area contributed by atoms with E-state index in [2.05, 4.69) is 60.7 Å². The van der Waals surface area contributed by atoms with E-state index in [0.29, 0.717) is 63.2 Å². The molecular formula is C55H75MgN4O6-. The summed E-state index contributed by atoms with van der Waals surface area (Å²) < 4.78 is 11.0. The van der Waals surface area contributed by atoms with Crippen LogP contribution in [0.25, 0.3) is 34.9 Å². The molecule has 8 bridgehead atoms. The van der Waals surface area contributed by atoms with Crippen LogP contribution in [0.1, 0.15) is 189 Å². The molecule has 66 heavy (non-hydrogen) atoms. The summed E-state index contributed by atoms with van der Waals surface area (Å²) in [4.78, 5) is 50.4. The van der Waals surface area contributed by atoms with E-state index in [1.165, 1.54) is 57.6 Å². The van der Waals surface area contributed by atoms with Crippen LogP contribution >= 0.6 is 0 Å². The number of esters is 2. The van der Waals surface area contributed by atoms with Gasteiger partial charge in [0.2, 0.25) is 0 Å². The van der Waals surface area contributed by atoms with Gasteiger partial charge in [-0.25, -0.2) is 4.79 Å². The number of aliphatic hydroxyl groups is 1. The molecule has 6 rings (SSSR count). The number of fused-ring (bicyclic) bond motifs is 7. The molecule has 2 aromatic heterocycles. The van der Waals surface area contributed by atoms with Gasteiger partial charge in [0.05, 0.1) is 7.11 Å². The maximum absolute atomic E-state index is 13.6. The smallest absolute Gasteiger partial charge is 0.664 e. The second-order valence-electron chi connectivity index (χ2n) is 20.1. The van der Waals surface area contributed by atoms with E-state index < -0.39 is 5.97 Å². The number of Topliss-reactive ketones (excluding diaryl/α,β-unsaturated/α-hetero) is 1. The maximum atomic E-state index is 13.6. The van der Waals surface area contributed by atoms with E-state index in [9.17, 15) is 19.5 Å². The molecule has 0 saturated carbocycles. The first-order valence-electron chi connectivity index (χ1n) is 24.5. The Morgan fingerprint density at radius 3 is 2.09 bits per heavy atom. The summed E-state index contributed by atoms with van der Waals surface area (Å²) >= 11 is 0. The van der Waals surface area contributed by atoms with Crippen molar-refractivity contribution < 1.29 is 29.0 Å². The first-order valence-corrected chi connectivity index (χ1v) is 24.5. The molecule has 10 nitrogen and oxygen atoms in total. The third kappa shape index (κ3) is 11.7. The molecule has 5 heterocycles. The number of hydrogen-bond acceptors (Lipinski definition) is 7. The number of carbonyl (C=O) groups is 3. The predicted octanol–water partition coefficient (Wildman–Crippen LogP) is 12.6. The number of rotatable bonds is 20. The second kappa shape index (κ2) is 23.2. The number of nitrogens with zero attached hydrogens (tertiary/aromatic N) is 3. The molecule has 0 amide bonds. The Morgan fingerprint density at radius 1 is 0.818 bits per heavy atom. The Morgan fingerprint density at radius 2 is 1.45 bits per heavy atom. The van der Waals surface area contributed by atoms with E-state index in [-0.39, 0.29) is 82.8 Å². The van der Waals surface area contributed by atoms with Crippen LogP contribution in [0.2, 0.25) is 0 Å². The summed E-state index contributed by atoms with van der Waals surface area (Å²) in [6.45, 7) is 23.5. The Kier molecular flexibility index (Phi) is 18.5. The predicted molar refractivity (Wildman–Crippen MR) is 268 cm³/mol. The molecule has 4 aliphatic rings. The molecule has 2 saturated heterocycles. The molecule has 6 atom stereocenters. The van der Waals surface area contributed by atoms with Crippen LogP contribution in [0.15, 0.2) is 40.0 Å². The minimum absolute atomic E-state index is 0. The third-order valence-corrected chi connectivity index (χ3v) is 14.7. The Hall–Kier alpha value is -4.22. The van der Waals surface area contributed by atoms with Crippen molar-refractivity contribution in [1.82, 2.24) is 15.3 Å². The first kappa shape index (κ1) is 52.7. The molecule has 0 unspecified atom stereocenters. The van der Waals surface area contributed by atoms with Crippen molar-refractivity contribution in [3.63, 3.8) is 0 Å². The summed E-state index contributed by atoms with van der Waals surface area (Å²) in [7, 11) is 1.29. The SMILES string of the molecule is CC[C@H]1/C2=C/c3[n-]c4c(c3C)C(O)=C(C(=O)OC)/C4=C3/[N-]/C(=C\c4[n-]c(c(C(C)=O)c4C)/C=C(\N2)[C@@H]1C)[C@@H](C)[C@@H]3CCC(=O)OC/C=C(\C)CCC[C@H](C)CCC[C@@H](C)CCCC(C)C.[Mg+2]. The monoisotopic (exact) mass is 912 g/mol. The average molecular weight is 913 g/mol. The van der Waals surface area contributed by atoms with Gasteiger partial charge in [-0.2, -0.15) is 5.70 Å². The molecule has 2 N–H and O–H groups in total. The van der Waals surface area contributed by atoms with Gasteiger partial charge in [-0.15, -0.1) is 28.5 Å². The molecule has 0 spiro atoms. The van der Waals surface area contributed by atoms with Crippen LogP contribution in [-0.2, 0) is 19.1 Å². The second-order valence-corrected chi connectivity index (χ2v) is 20.1. The van der Waals surface area contributed by atoms with E-state index in [0.717, 1.165) is 53.6 Å². The number of methoxy groups -OCH3 is 1. The Labute approximate surface area is 411 Å². The van der Waals surface area contributed by atoms with E-state index >= 15 is 0 Å². The number of ether oxygens (including phenoxy) is 2. The summed E-state index contributed by atoms with van der Waals surface area (Å²) in [5.41, 5.74) is 9.75. The Balaban J connectivity index is 0.00000817. The number of aromatic nitrogens is 2. The molecule has 0 radical (unpaired) electrons. The fraction of sp³-hybridized carbons (Fsp3) is 0.582. The number of hydrogen-bond donors (Lipinski definition) is 2. The largest absolute Gasteiger partial charge is 2.00 e. The molecule has 354 valence electrons. The minimum Gasteiger partial charge on any atom is -0.664 e. The van der Waals surface area contributed by atoms with Crippen molar-refractivity contribution in [2.45, 2.75) is 153 Å². The fourth-order valence-corrected chi connectivity index (χ4v) is 10.5. The van der Waals surface area contributed by atoms with Gasteiger partial charge in [0.15, 0.2) is 5.78 Å². The fourth-order valence-electron chi connectivity index (χ4n) is 10.5. The van der Waals surface area contributed by atoms with Crippen molar-refractivity contribution >= 4 is 70.3 Å². The van der Waals surface area contributed by atoms with Gasteiger partial charge in [-0.3, -0.25) is 9.59 Å². The summed E-state index contributed by atoms with van der Waals surface area (Å²) in [5.74, 6) is 0.729. The molecule has 0 aromatic carbocycles. The van der Waals surface area contributed by atoms with E-state index in [1.807, 2.05) is 38.2 Å². The number of allylic oxidation sites excluding steroid dienone is 5. The third-order valence-electron chi connectivity index (χ3n) is 14.7. The van der Waals surface area contributed by atoms with Crippen LogP contribution in [0.3, 0.4) is 0 Å². The zero-order valence-electron chi connectivity index (χ0n) is 42.1. The maximum Gasteiger partial charge on any atom is 2.00 e. The number of aliphatic hydroxyl groups excluding tert-OH is 1. The number of nitrogens with one attached hydrogen (secondary N) is 1. The van der Waals surface area contributed by atoms with Gasteiger partial charge in [0.25, 0.3) is 0 Å². The van der Waals surface area contributed by atoms with Gasteiger partial charge >= 0.3 is 35.0 Å². The summed E-state index contributed by atoms with van der Waals surface area (Å²) in [5, 5.41) is 20.7. The number of ketones is 1. The molecular weight excluding hydrogens is 837 g/mol. The van der Waals surface area contributed by atoms with Crippen molar-refractivity contribution in [2.24, 2.45) is 41.4 Å². The van der Waals surface area contributed by atoms with Gasteiger partial charge in [-0.05, 0) is 94.6 Å². The molecule has 11 heteroatoms. The standard InChI is InChI=1S/C55H77N4O6.Mg/c1-13-39-34(7)41-29-46-48(38(11)60)36(9)43(57-46)27-42-35(8)40(52(58-42)50-51(55(63)64-12)54(62)49-37(10)44(59-53(49)50)28-45(39)56-41)23-24-47(61)65-26-25-33(6)22-16-21-32(5)20-15-19-31(4)18-14-17-30(2)3;/h25,27-32,34-35,39-40H,13-24,26H2,1-12H3,(H4-,56,57,58,59,60,62,63);/q-1;+2/p-2/b33-25+,42-27-,45-28-;/t31-,32+,34+,35-,39+,40-;/m0./s1. The zero-order valence-corrected chi connectivity index (χ0v) is 43.5. The van der Waals surface area contributed by atoms with Crippen LogP contribution < -0.4 is 15.3 Å². The topological polar surface area (TPSA) is 144 Å². The summed E-state index contributed by atoms with van der Waals surface area (Å²) in [6.07, 6.45) is 20.6. The quantitative estimate of drug-likeness (QED) is 0.0574. The first-order chi connectivity index (χ1) is 30.9. The van der Waals surface area contributed by atoms with Gasteiger partial charge in [0, 0.05) is 40.8 Å². The van der Waals surface area contributed by atoms with Crippen molar-refractivity contribution in [3.05, 3.63) is 90.4 Å². The van der Waals surface area contributed by atoms with Crippen molar-refractivity contribution in [3.8, 4) is 0 Å². The Bertz CT molecular complexity index is 2320. The van der Waals surface area contributed by atoms with Gasteiger partial charge < -0.3 is 35.2 Å². The average Bonchev–Trinajstić information content (AvgIpc) is 4.00. The van der Waals surface area contributed by atoms with Gasteiger partial charge in [0.1, 0.15) is 17.9 Å². The molecule has 2 fully saturated rings. The molecule has 3 aliphatic heterocycles. The van der Waals surface area contributed by atoms with Crippen LogP contribution in [0.4, 0.5) is 0 Å². The van der Waals surface area contributed by atoms with Crippen LogP contribution in [-0.4, -0.2) is 59.6 Å². The van der Waals surface area contributed by atoms with Crippen LogP contribution in [0, 0.1) is 55.3 Å². The number of carbonyl (C=O) groups excluding carboxylic acids is 3. The van der Waals surface area contributed by atoms with Crippen molar-refractivity contribution in [2.75, 3.05) is 13.7 Å². The zero-order chi connectivity index (χ0) is 47.3. The van der Waals surface area contributed by atoms with Gasteiger partial charge in [-0.1, -0.05) is 128 Å². The molecule has 1 aliphatic carbocycles.